The lowest BCUT2D eigenvalue weighted by atomic mass is 10.1. The molecule has 148 valence electrons. The van der Waals surface area contributed by atoms with Crippen LogP contribution in [0.25, 0.3) is 0 Å². The summed E-state index contributed by atoms with van der Waals surface area (Å²) >= 11 is 5.93. The fourth-order valence-corrected chi connectivity index (χ4v) is 2.39. The first-order valence-corrected chi connectivity index (χ1v) is 8.39. The van der Waals surface area contributed by atoms with Gasteiger partial charge in [0.2, 0.25) is 0 Å². The molecule has 0 saturated heterocycles. The Bertz CT molecular complexity index is 943. The number of non-ortho nitro benzene ring substituents is 1. The number of amides is 2. The minimum Gasteiger partial charge on any atom is -0.444 e. The minimum atomic E-state index is -0.789. The highest BCUT2D eigenvalue weighted by molar-refractivity contribution is 6.34. The summed E-state index contributed by atoms with van der Waals surface area (Å²) in [6.07, 6.45) is -0.789. The van der Waals surface area contributed by atoms with Crippen molar-refractivity contribution in [2.45, 2.75) is 26.4 Å². The van der Waals surface area contributed by atoms with E-state index in [4.69, 9.17) is 16.3 Å². The summed E-state index contributed by atoms with van der Waals surface area (Å²) in [6.45, 7) is 5.03. The predicted molar refractivity (Wildman–Crippen MR) is 102 cm³/mol. The summed E-state index contributed by atoms with van der Waals surface area (Å²) in [6, 6.07) is 6.68. The molecule has 0 fully saturated rings. The van der Waals surface area contributed by atoms with Crippen molar-refractivity contribution in [1.82, 2.24) is 0 Å². The largest absolute Gasteiger partial charge is 0.444 e. The number of ether oxygens (including phenoxy) is 1. The van der Waals surface area contributed by atoms with E-state index in [1.807, 2.05) is 0 Å². The molecule has 0 heterocycles. The van der Waals surface area contributed by atoms with Gasteiger partial charge in [0.1, 0.15) is 11.4 Å². The van der Waals surface area contributed by atoms with E-state index in [0.29, 0.717) is 0 Å². The predicted octanol–water partition coefficient (Wildman–Crippen LogP) is 4.99. The van der Waals surface area contributed by atoms with Gasteiger partial charge < -0.3 is 10.1 Å². The van der Waals surface area contributed by atoms with Crippen molar-refractivity contribution < 1.29 is 23.6 Å². The molecule has 2 amide bonds. The molecule has 0 saturated carbocycles. The van der Waals surface area contributed by atoms with Crippen molar-refractivity contribution in [3.8, 4) is 0 Å². The third kappa shape index (κ3) is 5.65. The number of carbonyl (C=O) groups excluding carboxylic acids is 2. The number of nitro groups is 1. The van der Waals surface area contributed by atoms with Crippen LogP contribution in [-0.2, 0) is 4.74 Å². The van der Waals surface area contributed by atoms with Crippen LogP contribution >= 0.6 is 11.6 Å². The molecule has 28 heavy (non-hydrogen) atoms. The van der Waals surface area contributed by atoms with Crippen LogP contribution in [0.15, 0.2) is 36.4 Å². The lowest BCUT2D eigenvalue weighted by Gasteiger charge is -2.20. The Morgan fingerprint density at radius 3 is 2.36 bits per heavy atom. The smallest absolute Gasteiger partial charge is 0.412 e. The average molecular weight is 410 g/mol. The van der Waals surface area contributed by atoms with E-state index in [2.05, 4.69) is 10.6 Å². The van der Waals surface area contributed by atoms with E-state index in [-0.39, 0.29) is 27.6 Å². The van der Waals surface area contributed by atoms with Crippen LogP contribution in [0.1, 0.15) is 31.1 Å². The number of benzene rings is 2. The molecule has 0 bridgehead atoms. The Morgan fingerprint density at radius 1 is 1.11 bits per heavy atom. The summed E-state index contributed by atoms with van der Waals surface area (Å²) in [4.78, 5) is 34.5. The van der Waals surface area contributed by atoms with Crippen LogP contribution < -0.4 is 10.6 Å². The van der Waals surface area contributed by atoms with E-state index in [9.17, 15) is 24.1 Å². The molecule has 0 aliphatic heterocycles. The molecular formula is C18H17ClFN3O5. The normalized spacial score (nSPS) is 10.9. The standard InChI is InChI=1S/C18H17ClFN3O5/c1-18(2,3)28-17(25)22-14-7-4-10(20)8-15(14)21-16(24)12-6-5-11(23(26)27)9-13(12)19/h4-9H,1-3H3,(H,21,24)(H,22,25). The van der Waals surface area contributed by atoms with E-state index in [1.165, 1.54) is 12.1 Å². The molecule has 2 aromatic carbocycles. The van der Waals surface area contributed by atoms with Gasteiger partial charge in [-0.2, -0.15) is 0 Å². The lowest BCUT2D eigenvalue weighted by Crippen LogP contribution is -2.27. The number of anilines is 2. The highest BCUT2D eigenvalue weighted by atomic mass is 35.5. The Balaban J connectivity index is 2.26. The van der Waals surface area contributed by atoms with Gasteiger partial charge in [0.05, 0.1) is 26.9 Å². The molecule has 0 aromatic heterocycles. The molecule has 2 aromatic rings. The zero-order chi connectivity index (χ0) is 21.1. The Kier molecular flexibility index (Phi) is 6.19. The van der Waals surface area contributed by atoms with E-state index < -0.39 is 28.3 Å². The van der Waals surface area contributed by atoms with Crippen LogP contribution in [0.4, 0.5) is 26.2 Å². The van der Waals surface area contributed by atoms with Gasteiger partial charge in [0, 0.05) is 12.1 Å². The van der Waals surface area contributed by atoms with Gasteiger partial charge in [-0.1, -0.05) is 11.6 Å². The van der Waals surface area contributed by atoms with Gasteiger partial charge in [0.15, 0.2) is 0 Å². The first-order chi connectivity index (χ1) is 13.0. The van der Waals surface area contributed by atoms with Crippen LogP contribution in [-0.4, -0.2) is 22.5 Å². The molecule has 0 unspecified atom stereocenters. The number of rotatable bonds is 4. The topological polar surface area (TPSA) is 111 Å². The van der Waals surface area contributed by atoms with Gasteiger partial charge in [-0.3, -0.25) is 20.2 Å². The fraction of sp³-hybridized carbons (Fsp3) is 0.222. The third-order valence-electron chi connectivity index (χ3n) is 3.27. The van der Waals surface area contributed by atoms with Gasteiger partial charge in [-0.05, 0) is 45.0 Å². The van der Waals surface area contributed by atoms with Crippen molar-refractivity contribution in [3.63, 3.8) is 0 Å². The van der Waals surface area contributed by atoms with E-state index >= 15 is 0 Å². The van der Waals surface area contributed by atoms with Gasteiger partial charge >= 0.3 is 6.09 Å². The molecule has 2 rings (SSSR count). The van der Waals surface area contributed by atoms with Gasteiger partial charge in [0.25, 0.3) is 11.6 Å². The Labute approximate surface area is 164 Å². The maximum Gasteiger partial charge on any atom is 0.412 e. The van der Waals surface area contributed by atoms with Crippen molar-refractivity contribution in [3.05, 3.63) is 62.9 Å². The molecule has 0 aliphatic rings. The van der Waals surface area contributed by atoms with Gasteiger partial charge in [-0.15, -0.1) is 0 Å². The molecule has 10 heteroatoms. The second-order valence-electron chi connectivity index (χ2n) is 6.69. The minimum absolute atomic E-state index is 0.0368. The zero-order valence-electron chi connectivity index (χ0n) is 15.2. The summed E-state index contributed by atoms with van der Waals surface area (Å²) in [5, 5.41) is 15.5. The first-order valence-electron chi connectivity index (χ1n) is 8.01. The van der Waals surface area contributed by atoms with Crippen molar-refractivity contribution in [2.75, 3.05) is 10.6 Å². The molecule has 0 atom stereocenters. The van der Waals surface area contributed by atoms with Crippen LogP contribution in [0.3, 0.4) is 0 Å². The molecular weight excluding hydrogens is 393 g/mol. The van der Waals surface area contributed by atoms with E-state index in [1.54, 1.807) is 20.8 Å². The summed E-state index contributed by atoms with van der Waals surface area (Å²) in [5.41, 5.74) is -1.02. The van der Waals surface area contributed by atoms with E-state index in [0.717, 1.165) is 24.3 Å². The summed E-state index contributed by atoms with van der Waals surface area (Å²) < 4.78 is 18.8. The number of halogens is 2. The van der Waals surface area contributed by atoms with Crippen LogP contribution in [0, 0.1) is 15.9 Å². The second-order valence-corrected chi connectivity index (χ2v) is 7.10. The third-order valence-corrected chi connectivity index (χ3v) is 3.59. The molecule has 2 N–H and O–H groups in total. The summed E-state index contributed by atoms with van der Waals surface area (Å²) in [5.74, 6) is -1.39. The molecule has 8 nitrogen and oxygen atoms in total. The lowest BCUT2D eigenvalue weighted by molar-refractivity contribution is -0.384. The number of hydrogen-bond acceptors (Lipinski definition) is 5. The first kappa shape index (κ1) is 21.1. The SMILES string of the molecule is CC(C)(C)OC(=O)Nc1ccc(F)cc1NC(=O)c1ccc([N+](=O)[O-])cc1Cl. The van der Waals surface area contributed by atoms with Crippen LogP contribution in [0.5, 0.6) is 0 Å². The molecule has 0 spiro atoms. The number of nitrogens with one attached hydrogen (secondary N) is 2. The monoisotopic (exact) mass is 409 g/mol. The van der Waals surface area contributed by atoms with Crippen molar-refractivity contribution >= 4 is 40.7 Å². The summed E-state index contributed by atoms with van der Waals surface area (Å²) in [7, 11) is 0. The Hall–Kier alpha value is -3.20. The highest BCUT2D eigenvalue weighted by Crippen LogP contribution is 2.27. The van der Waals surface area contributed by atoms with Gasteiger partial charge in [-0.25, -0.2) is 9.18 Å². The Morgan fingerprint density at radius 2 is 1.79 bits per heavy atom. The number of carbonyl (C=O) groups is 2. The number of nitro benzene ring substituents is 1. The van der Waals surface area contributed by atoms with Crippen LogP contribution in [0.2, 0.25) is 5.02 Å². The number of nitrogens with zero attached hydrogens (tertiary/aromatic N) is 1. The fourth-order valence-electron chi connectivity index (χ4n) is 2.13. The average Bonchev–Trinajstić information content (AvgIpc) is 2.55. The molecule has 0 radical (unpaired) electrons. The van der Waals surface area contributed by atoms with Crippen molar-refractivity contribution in [1.29, 1.82) is 0 Å². The molecule has 0 aliphatic carbocycles. The zero-order valence-corrected chi connectivity index (χ0v) is 16.0. The number of hydrogen-bond donors (Lipinski definition) is 2. The maximum absolute atomic E-state index is 13.6. The van der Waals surface area contributed by atoms with Crippen molar-refractivity contribution in [2.24, 2.45) is 0 Å². The second kappa shape index (κ2) is 8.22. The highest BCUT2D eigenvalue weighted by Gasteiger charge is 2.20. The maximum atomic E-state index is 13.6. The quantitative estimate of drug-likeness (QED) is 0.546.